The Morgan fingerprint density at radius 3 is 2.57 bits per heavy atom. The van der Waals surface area contributed by atoms with Gasteiger partial charge in [-0.2, -0.15) is 0 Å². The molecule has 0 saturated heterocycles. The van der Waals surface area contributed by atoms with E-state index in [1.807, 2.05) is 50.2 Å². The summed E-state index contributed by atoms with van der Waals surface area (Å²) in [6, 6.07) is 13.2. The minimum absolute atomic E-state index is 0.321. The number of hydrogen-bond donors (Lipinski definition) is 1. The predicted octanol–water partition coefficient (Wildman–Crippen LogP) is 4.14. The molecule has 1 unspecified atom stereocenters. The maximum atomic E-state index is 11.4. The summed E-state index contributed by atoms with van der Waals surface area (Å²) in [6.45, 7) is 3.99. The Kier molecular flexibility index (Phi) is 5.02. The summed E-state index contributed by atoms with van der Waals surface area (Å²) >= 11 is 3.39. The van der Waals surface area contributed by atoms with Crippen LogP contribution in [0.5, 0.6) is 5.75 Å². The van der Waals surface area contributed by atoms with Gasteiger partial charge in [-0.3, -0.25) is 0 Å². The topological polar surface area (TPSA) is 46.5 Å². The number of aliphatic carboxylic acids is 1. The van der Waals surface area contributed by atoms with Crippen LogP contribution in [-0.2, 0) is 11.2 Å². The van der Waals surface area contributed by atoms with Crippen LogP contribution in [0.4, 0.5) is 0 Å². The third-order valence-electron chi connectivity index (χ3n) is 3.34. The van der Waals surface area contributed by atoms with E-state index < -0.39 is 12.1 Å². The number of aryl methyl sites for hydroxylation is 2. The van der Waals surface area contributed by atoms with Crippen molar-refractivity contribution in [2.24, 2.45) is 0 Å². The lowest BCUT2D eigenvalue weighted by Gasteiger charge is -2.16. The van der Waals surface area contributed by atoms with Gasteiger partial charge in [0.2, 0.25) is 0 Å². The Morgan fingerprint density at radius 2 is 1.95 bits per heavy atom. The van der Waals surface area contributed by atoms with Crippen LogP contribution in [0.2, 0.25) is 0 Å². The fourth-order valence-corrected chi connectivity index (χ4v) is 2.46. The second kappa shape index (κ2) is 6.76. The highest BCUT2D eigenvalue weighted by atomic mass is 79.9. The average Bonchev–Trinajstić information content (AvgIpc) is 2.42. The van der Waals surface area contributed by atoms with Gasteiger partial charge in [0.15, 0.2) is 6.10 Å². The van der Waals surface area contributed by atoms with Crippen LogP contribution in [0.1, 0.15) is 16.7 Å². The summed E-state index contributed by atoms with van der Waals surface area (Å²) in [6.07, 6.45) is -0.580. The number of halogens is 1. The highest BCUT2D eigenvalue weighted by Crippen LogP contribution is 2.20. The average molecular weight is 349 g/mol. The van der Waals surface area contributed by atoms with Gasteiger partial charge >= 0.3 is 5.97 Å². The first kappa shape index (κ1) is 15.6. The zero-order chi connectivity index (χ0) is 15.4. The molecule has 0 heterocycles. The second-order valence-corrected chi connectivity index (χ2v) is 5.94. The maximum Gasteiger partial charge on any atom is 0.345 e. The van der Waals surface area contributed by atoms with Crippen LogP contribution in [-0.4, -0.2) is 17.2 Å². The van der Waals surface area contributed by atoms with Gasteiger partial charge in [0, 0.05) is 10.9 Å². The molecule has 4 heteroatoms. The molecule has 2 aromatic rings. The standard InChI is InChI=1S/C17H17BrO3/c1-11-6-7-15(8-12(11)2)21-16(17(19)20)10-13-4-3-5-14(18)9-13/h3-9,16H,10H2,1-2H3,(H,19,20). The molecule has 3 nitrogen and oxygen atoms in total. The zero-order valence-electron chi connectivity index (χ0n) is 12.0. The predicted molar refractivity (Wildman–Crippen MR) is 85.8 cm³/mol. The Bertz CT molecular complexity index is 652. The highest BCUT2D eigenvalue weighted by Gasteiger charge is 2.20. The second-order valence-electron chi connectivity index (χ2n) is 5.02. The van der Waals surface area contributed by atoms with E-state index in [-0.39, 0.29) is 0 Å². The number of rotatable bonds is 5. The number of hydrogen-bond acceptors (Lipinski definition) is 2. The lowest BCUT2D eigenvalue weighted by Crippen LogP contribution is -2.29. The monoisotopic (exact) mass is 348 g/mol. The van der Waals surface area contributed by atoms with E-state index in [2.05, 4.69) is 15.9 Å². The molecule has 0 aliphatic rings. The number of carboxylic acid groups (broad SMARTS) is 1. The summed E-state index contributed by atoms with van der Waals surface area (Å²) in [5.74, 6) is -0.381. The molecule has 0 spiro atoms. The summed E-state index contributed by atoms with van der Waals surface area (Å²) in [4.78, 5) is 11.4. The molecule has 0 bridgehead atoms. The van der Waals surface area contributed by atoms with Gasteiger partial charge in [0.05, 0.1) is 0 Å². The molecular formula is C17H17BrO3. The van der Waals surface area contributed by atoms with E-state index in [9.17, 15) is 9.90 Å². The lowest BCUT2D eigenvalue weighted by atomic mass is 10.1. The number of benzene rings is 2. The minimum atomic E-state index is -0.965. The number of carbonyl (C=O) groups is 1. The summed E-state index contributed by atoms with van der Waals surface area (Å²) in [5, 5.41) is 9.35. The lowest BCUT2D eigenvalue weighted by molar-refractivity contribution is -0.145. The summed E-state index contributed by atoms with van der Waals surface area (Å²) < 4.78 is 6.57. The fraction of sp³-hybridized carbons (Fsp3) is 0.235. The van der Waals surface area contributed by atoms with E-state index in [1.165, 1.54) is 0 Å². The van der Waals surface area contributed by atoms with Gasteiger partial charge in [0.25, 0.3) is 0 Å². The first-order valence-electron chi connectivity index (χ1n) is 6.67. The van der Waals surface area contributed by atoms with Crippen LogP contribution in [0.3, 0.4) is 0 Å². The zero-order valence-corrected chi connectivity index (χ0v) is 13.6. The van der Waals surface area contributed by atoms with Crippen LogP contribution < -0.4 is 4.74 Å². The van der Waals surface area contributed by atoms with E-state index >= 15 is 0 Å². The molecule has 0 fully saturated rings. The van der Waals surface area contributed by atoms with Gasteiger partial charge in [-0.25, -0.2) is 4.79 Å². The van der Waals surface area contributed by atoms with Crippen molar-refractivity contribution in [2.75, 3.05) is 0 Å². The van der Waals surface area contributed by atoms with E-state index in [0.717, 1.165) is 21.2 Å². The minimum Gasteiger partial charge on any atom is -0.478 e. The Labute approximate surface area is 132 Å². The van der Waals surface area contributed by atoms with Gasteiger partial charge in [-0.05, 0) is 54.8 Å². The van der Waals surface area contributed by atoms with Crippen LogP contribution >= 0.6 is 15.9 Å². The molecule has 21 heavy (non-hydrogen) atoms. The Hall–Kier alpha value is -1.81. The van der Waals surface area contributed by atoms with Crippen LogP contribution in [0, 0.1) is 13.8 Å². The molecule has 1 N–H and O–H groups in total. The highest BCUT2D eigenvalue weighted by molar-refractivity contribution is 9.10. The van der Waals surface area contributed by atoms with Crippen molar-refractivity contribution in [3.63, 3.8) is 0 Å². The molecule has 0 aliphatic carbocycles. The normalized spacial score (nSPS) is 12.0. The number of carboxylic acids is 1. The fourth-order valence-electron chi connectivity index (χ4n) is 2.01. The third kappa shape index (κ3) is 4.33. The van der Waals surface area contributed by atoms with E-state index in [0.29, 0.717) is 12.2 Å². The van der Waals surface area contributed by atoms with Crippen molar-refractivity contribution >= 4 is 21.9 Å². The van der Waals surface area contributed by atoms with Crippen molar-refractivity contribution in [3.05, 3.63) is 63.6 Å². The quantitative estimate of drug-likeness (QED) is 0.883. The maximum absolute atomic E-state index is 11.4. The van der Waals surface area contributed by atoms with Crippen molar-refractivity contribution in [1.29, 1.82) is 0 Å². The molecular weight excluding hydrogens is 332 g/mol. The van der Waals surface area contributed by atoms with E-state index in [1.54, 1.807) is 6.07 Å². The van der Waals surface area contributed by atoms with Gasteiger partial charge in [-0.15, -0.1) is 0 Å². The van der Waals surface area contributed by atoms with Gasteiger partial charge in [-0.1, -0.05) is 34.1 Å². The number of ether oxygens (including phenoxy) is 1. The largest absolute Gasteiger partial charge is 0.478 e. The molecule has 2 aromatic carbocycles. The summed E-state index contributed by atoms with van der Waals surface area (Å²) in [5.41, 5.74) is 3.15. The first-order chi connectivity index (χ1) is 9.95. The van der Waals surface area contributed by atoms with Gasteiger partial charge in [0.1, 0.15) is 5.75 Å². The van der Waals surface area contributed by atoms with Crippen molar-refractivity contribution in [2.45, 2.75) is 26.4 Å². The smallest absolute Gasteiger partial charge is 0.345 e. The van der Waals surface area contributed by atoms with Gasteiger partial charge < -0.3 is 9.84 Å². The third-order valence-corrected chi connectivity index (χ3v) is 3.84. The molecule has 0 aromatic heterocycles. The molecule has 0 amide bonds. The van der Waals surface area contributed by atoms with Crippen LogP contribution in [0.25, 0.3) is 0 Å². The SMILES string of the molecule is Cc1ccc(OC(Cc2cccc(Br)c2)C(=O)O)cc1C. The van der Waals surface area contributed by atoms with E-state index in [4.69, 9.17) is 4.74 Å². The van der Waals surface area contributed by atoms with Crippen LogP contribution in [0.15, 0.2) is 46.9 Å². The molecule has 0 saturated carbocycles. The molecule has 110 valence electrons. The Balaban J connectivity index is 2.15. The molecule has 0 aliphatic heterocycles. The Morgan fingerprint density at radius 1 is 1.19 bits per heavy atom. The van der Waals surface area contributed by atoms with Crippen molar-refractivity contribution < 1.29 is 14.6 Å². The molecule has 0 radical (unpaired) electrons. The molecule has 2 rings (SSSR count). The van der Waals surface area contributed by atoms with Crippen molar-refractivity contribution in [3.8, 4) is 5.75 Å². The van der Waals surface area contributed by atoms with Crippen molar-refractivity contribution in [1.82, 2.24) is 0 Å². The molecule has 1 atom stereocenters. The first-order valence-corrected chi connectivity index (χ1v) is 7.46. The summed E-state index contributed by atoms with van der Waals surface area (Å²) in [7, 11) is 0.